The van der Waals surface area contributed by atoms with E-state index < -0.39 is 0 Å². The first-order valence-electron chi connectivity index (χ1n) is 6.58. The molecular weight excluding hydrogens is 244 g/mol. The first-order chi connectivity index (χ1) is 8.70. The number of thiophene rings is 1. The lowest BCUT2D eigenvalue weighted by Gasteiger charge is -2.41. The third-order valence-corrected chi connectivity index (χ3v) is 4.80. The Morgan fingerprint density at radius 3 is 3.00 bits per heavy atom. The second kappa shape index (κ2) is 6.63. The molecule has 1 aromatic heterocycles. The van der Waals surface area contributed by atoms with Crippen LogP contribution in [0.25, 0.3) is 0 Å². The van der Waals surface area contributed by atoms with Gasteiger partial charge in [-0.15, -0.1) is 11.3 Å². The van der Waals surface area contributed by atoms with E-state index in [1.54, 1.807) is 0 Å². The average molecular weight is 268 g/mol. The molecule has 0 bridgehead atoms. The third-order valence-electron chi connectivity index (χ3n) is 3.86. The molecule has 5 heteroatoms. The van der Waals surface area contributed by atoms with Crippen LogP contribution in [0, 0.1) is 0 Å². The summed E-state index contributed by atoms with van der Waals surface area (Å²) < 4.78 is 0. The summed E-state index contributed by atoms with van der Waals surface area (Å²) in [6, 6.07) is 5.19. The van der Waals surface area contributed by atoms with Crippen molar-refractivity contribution in [2.45, 2.75) is 24.9 Å². The molecule has 2 atom stereocenters. The second-order valence-corrected chi connectivity index (χ2v) is 6.23. The van der Waals surface area contributed by atoms with Crippen LogP contribution in [0.5, 0.6) is 0 Å². The maximum Gasteiger partial charge on any atom is 0.0387 e. The topological polar surface area (TPSA) is 44.5 Å². The van der Waals surface area contributed by atoms with E-state index in [1.165, 1.54) is 4.88 Å². The summed E-state index contributed by atoms with van der Waals surface area (Å²) >= 11 is 1.83. The van der Waals surface area contributed by atoms with E-state index in [1.807, 2.05) is 11.3 Å². The molecule has 0 radical (unpaired) electrons. The molecule has 1 aliphatic heterocycles. The van der Waals surface area contributed by atoms with Crippen molar-refractivity contribution in [1.82, 2.24) is 15.2 Å². The largest absolute Gasteiger partial charge is 0.303 e. The van der Waals surface area contributed by atoms with Crippen LogP contribution in [0.1, 0.15) is 11.3 Å². The van der Waals surface area contributed by atoms with Gasteiger partial charge in [0.2, 0.25) is 0 Å². The van der Waals surface area contributed by atoms with Gasteiger partial charge >= 0.3 is 0 Å². The highest BCUT2D eigenvalue weighted by molar-refractivity contribution is 7.09. The highest BCUT2D eigenvalue weighted by Gasteiger charge is 2.28. The molecule has 0 amide bonds. The van der Waals surface area contributed by atoms with E-state index in [-0.39, 0.29) is 0 Å². The predicted molar refractivity (Wildman–Crippen MR) is 77.7 cm³/mol. The van der Waals surface area contributed by atoms with Gasteiger partial charge in [0, 0.05) is 36.6 Å². The van der Waals surface area contributed by atoms with Gasteiger partial charge in [-0.2, -0.15) is 0 Å². The molecule has 0 aliphatic carbocycles. The molecule has 1 fully saturated rings. The fraction of sp³-hybridized carbons (Fsp3) is 0.692. The summed E-state index contributed by atoms with van der Waals surface area (Å²) in [4.78, 5) is 6.26. The van der Waals surface area contributed by atoms with Crippen molar-refractivity contribution >= 4 is 11.3 Å². The number of nitrogens with one attached hydrogen (secondary N) is 1. The molecule has 102 valence electrons. The van der Waals surface area contributed by atoms with E-state index >= 15 is 0 Å². The zero-order chi connectivity index (χ0) is 13.0. The second-order valence-electron chi connectivity index (χ2n) is 5.20. The summed E-state index contributed by atoms with van der Waals surface area (Å²) in [6.07, 6.45) is 2.21. The number of hydrogen-bond donors (Lipinski definition) is 2. The lowest BCUT2D eigenvalue weighted by molar-refractivity contribution is 0.0854. The van der Waals surface area contributed by atoms with Gasteiger partial charge in [-0.3, -0.25) is 16.2 Å². The molecule has 2 rings (SSSR count). The van der Waals surface area contributed by atoms with Crippen LogP contribution < -0.4 is 11.3 Å². The van der Waals surface area contributed by atoms with Gasteiger partial charge in [0.25, 0.3) is 0 Å². The Labute approximate surface area is 114 Å². The first kappa shape index (κ1) is 14.0. The van der Waals surface area contributed by atoms with Crippen molar-refractivity contribution in [3.63, 3.8) is 0 Å². The lowest BCUT2D eigenvalue weighted by Crippen LogP contribution is -2.59. The highest BCUT2D eigenvalue weighted by atomic mass is 32.1. The van der Waals surface area contributed by atoms with E-state index in [9.17, 15) is 0 Å². The van der Waals surface area contributed by atoms with Crippen LogP contribution in [-0.2, 0) is 6.42 Å². The molecule has 0 aromatic carbocycles. The molecular formula is C13H24N4S. The summed E-state index contributed by atoms with van der Waals surface area (Å²) in [5.41, 5.74) is 3.02. The van der Waals surface area contributed by atoms with Crippen molar-refractivity contribution in [2.24, 2.45) is 5.84 Å². The molecule has 18 heavy (non-hydrogen) atoms. The van der Waals surface area contributed by atoms with Gasteiger partial charge in [-0.05, 0) is 38.4 Å². The zero-order valence-corrected chi connectivity index (χ0v) is 12.1. The molecule has 0 spiro atoms. The number of aryl methyl sites for hydroxylation is 1. The van der Waals surface area contributed by atoms with Gasteiger partial charge in [0.1, 0.15) is 0 Å². The fourth-order valence-corrected chi connectivity index (χ4v) is 3.34. The number of nitrogens with two attached hydrogens (primary N) is 1. The molecule has 0 saturated carbocycles. The van der Waals surface area contributed by atoms with Gasteiger partial charge in [0.05, 0.1) is 0 Å². The number of piperazine rings is 1. The van der Waals surface area contributed by atoms with Gasteiger partial charge in [-0.25, -0.2) is 0 Å². The summed E-state index contributed by atoms with van der Waals surface area (Å²) in [5.74, 6) is 5.76. The minimum atomic E-state index is 0.361. The molecule has 1 aromatic rings. The maximum absolute atomic E-state index is 5.76. The van der Waals surface area contributed by atoms with Crippen LogP contribution >= 0.6 is 11.3 Å². The van der Waals surface area contributed by atoms with Crippen molar-refractivity contribution in [3.05, 3.63) is 22.4 Å². The Balaban J connectivity index is 1.90. The molecule has 2 unspecified atom stereocenters. The number of likely N-dealkylation sites (N-methyl/N-ethyl adjacent to an activating group) is 2. The van der Waals surface area contributed by atoms with E-state index in [0.717, 1.165) is 32.5 Å². The van der Waals surface area contributed by atoms with Crippen LogP contribution in [0.4, 0.5) is 0 Å². The van der Waals surface area contributed by atoms with Crippen molar-refractivity contribution < 1.29 is 0 Å². The Morgan fingerprint density at radius 1 is 1.50 bits per heavy atom. The van der Waals surface area contributed by atoms with Crippen LogP contribution in [0.2, 0.25) is 0 Å². The quantitative estimate of drug-likeness (QED) is 0.611. The fourth-order valence-electron chi connectivity index (χ4n) is 2.62. The van der Waals surface area contributed by atoms with Crippen molar-refractivity contribution in [3.8, 4) is 0 Å². The van der Waals surface area contributed by atoms with Crippen molar-refractivity contribution in [2.75, 3.05) is 33.7 Å². The molecule has 1 aliphatic rings. The maximum atomic E-state index is 5.76. The predicted octanol–water partition coefficient (Wildman–Crippen LogP) is 0.758. The molecule has 3 N–H and O–H groups in total. The minimum Gasteiger partial charge on any atom is -0.303 e. The SMILES string of the molecule is CN1CCN(C)C(C(CCc2cccs2)NN)C1. The Hall–Kier alpha value is -0.460. The summed E-state index contributed by atoms with van der Waals surface area (Å²) in [7, 11) is 4.39. The monoisotopic (exact) mass is 268 g/mol. The molecule has 1 saturated heterocycles. The van der Waals surface area contributed by atoms with E-state index in [2.05, 4.69) is 46.8 Å². The van der Waals surface area contributed by atoms with E-state index in [4.69, 9.17) is 5.84 Å². The number of rotatable bonds is 5. The number of hydrogen-bond acceptors (Lipinski definition) is 5. The van der Waals surface area contributed by atoms with Gasteiger partial charge in [-0.1, -0.05) is 6.07 Å². The zero-order valence-electron chi connectivity index (χ0n) is 11.3. The Kier molecular flexibility index (Phi) is 5.14. The number of hydrazine groups is 1. The Morgan fingerprint density at radius 2 is 2.33 bits per heavy atom. The van der Waals surface area contributed by atoms with Crippen LogP contribution in [0.15, 0.2) is 17.5 Å². The standard InChI is InChI=1S/C13H24N4S/c1-16-7-8-17(2)13(10-16)12(15-14)6-5-11-4-3-9-18-11/h3-4,9,12-13,15H,5-8,10,14H2,1-2H3. The normalized spacial score (nSPS) is 24.3. The minimum absolute atomic E-state index is 0.361. The molecule has 4 nitrogen and oxygen atoms in total. The van der Waals surface area contributed by atoms with Crippen molar-refractivity contribution in [1.29, 1.82) is 0 Å². The average Bonchev–Trinajstić information content (AvgIpc) is 2.87. The molecule has 2 heterocycles. The lowest BCUT2D eigenvalue weighted by atomic mass is 9.99. The first-order valence-corrected chi connectivity index (χ1v) is 7.46. The van der Waals surface area contributed by atoms with Gasteiger partial charge in [0.15, 0.2) is 0 Å². The van der Waals surface area contributed by atoms with E-state index in [0.29, 0.717) is 12.1 Å². The third kappa shape index (κ3) is 3.52. The van der Waals surface area contributed by atoms with Crippen LogP contribution in [-0.4, -0.2) is 55.6 Å². The highest BCUT2D eigenvalue weighted by Crippen LogP contribution is 2.16. The Bertz CT molecular complexity index is 341. The smallest absolute Gasteiger partial charge is 0.0387 e. The summed E-state index contributed by atoms with van der Waals surface area (Å²) in [6.45, 7) is 3.36. The van der Waals surface area contributed by atoms with Crippen LogP contribution in [0.3, 0.4) is 0 Å². The van der Waals surface area contributed by atoms with Gasteiger partial charge < -0.3 is 4.90 Å². The number of nitrogens with zero attached hydrogens (tertiary/aromatic N) is 2. The summed E-state index contributed by atoms with van der Waals surface area (Å²) in [5, 5.41) is 2.14.